The fraction of sp³-hybridized carbons (Fsp3) is 0.571. The molecule has 0 aromatic heterocycles. The topological polar surface area (TPSA) is 81.4 Å². The molecule has 1 aliphatic heterocycles. The lowest BCUT2D eigenvalue weighted by Gasteiger charge is -2.25. The quantitative estimate of drug-likeness (QED) is 0.861. The van der Waals surface area contributed by atoms with Crippen molar-refractivity contribution < 1.29 is 17.5 Å². The Labute approximate surface area is 124 Å². The van der Waals surface area contributed by atoms with Crippen molar-refractivity contribution in [2.24, 2.45) is 5.73 Å². The van der Waals surface area contributed by atoms with Crippen LogP contribution >= 0.6 is 0 Å². The van der Waals surface area contributed by atoms with Gasteiger partial charge in [0.05, 0.1) is 17.9 Å². The number of methoxy groups -OCH3 is 1. The van der Waals surface area contributed by atoms with Crippen LogP contribution in [0.4, 0.5) is 4.39 Å². The monoisotopic (exact) mass is 316 g/mol. The van der Waals surface area contributed by atoms with Gasteiger partial charge >= 0.3 is 0 Å². The molecule has 0 amide bonds. The molecule has 2 rings (SSSR count). The van der Waals surface area contributed by atoms with Gasteiger partial charge in [0.1, 0.15) is 6.67 Å². The zero-order valence-electron chi connectivity index (χ0n) is 12.0. The SMILES string of the molecule is COC(c1ccc(C2CCCS(=O)(=O)N2)cc1)C(N)CF. The number of hydrogen-bond donors (Lipinski definition) is 2. The Morgan fingerprint density at radius 3 is 2.62 bits per heavy atom. The van der Waals surface area contributed by atoms with Crippen molar-refractivity contribution in [2.45, 2.75) is 31.0 Å². The number of halogens is 1. The van der Waals surface area contributed by atoms with E-state index in [1.165, 1.54) is 7.11 Å². The van der Waals surface area contributed by atoms with E-state index in [9.17, 15) is 12.8 Å². The molecule has 1 heterocycles. The Morgan fingerprint density at radius 2 is 2.10 bits per heavy atom. The Balaban J connectivity index is 2.15. The van der Waals surface area contributed by atoms with Crippen LogP contribution in [0.25, 0.3) is 0 Å². The molecule has 7 heteroatoms. The van der Waals surface area contributed by atoms with Gasteiger partial charge in [0, 0.05) is 13.2 Å². The van der Waals surface area contributed by atoms with Gasteiger partial charge in [0.2, 0.25) is 10.0 Å². The van der Waals surface area contributed by atoms with Crippen LogP contribution in [0.2, 0.25) is 0 Å². The van der Waals surface area contributed by atoms with Gasteiger partial charge in [-0.1, -0.05) is 24.3 Å². The average molecular weight is 316 g/mol. The highest BCUT2D eigenvalue weighted by molar-refractivity contribution is 7.89. The van der Waals surface area contributed by atoms with Crippen LogP contribution in [0.1, 0.15) is 36.1 Å². The zero-order valence-corrected chi connectivity index (χ0v) is 12.8. The molecule has 0 spiro atoms. The van der Waals surface area contributed by atoms with E-state index in [0.717, 1.165) is 17.5 Å². The van der Waals surface area contributed by atoms with E-state index < -0.39 is 28.8 Å². The van der Waals surface area contributed by atoms with Crippen molar-refractivity contribution in [2.75, 3.05) is 19.5 Å². The molecule has 3 N–H and O–H groups in total. The second kappa shape index (κ2) is 6.83. The van der Waals surface area contributed by atoms with E-state index in [-0.39, 0.29) is 11.8 Å². The molecule has 1 aromatic carbocycles. The van der Waals surface area contributed by atoms with E-state index in [2.05, 4.69) is 4.72 Å². The molecular weight excluding hydrogens is 295 g/mol. The van der Waals surface area contributed by atoms with Gasteiger partial charge in [0.25, 0.3) is 0 Å². The van der Waals surface area contributed by atoms with Gasteiger partial charge in [0.15, 0.2) is 0 Å². The van der Waals surface area contributed by atoms with Crippen molar-refractivity contribution in [3.05, 3.63) is 35.4 Å². The average Bonchev–Trinajstić information content (AvgIpc) is 2.47. The molecule has 21 heavy (non-hydrogen) atoms. The smallest absolute Gasteiger partial charge is 0.212 e. The maximum Gasteiger partial charge on any atom is 0.212 e. The summed E-state index contributed by atoms with van der Waals surface area (Å²) in [7, 11) is -1.68. The molecule has 0 saturated carbocycles. The maximum absolute atomic E-state index is 12.7. The summed E-state index contributed by atoms with van der Waals surface area (Å²) in [5.74, 6) is 0.179. The lowest BCUT2D eigenvalue weighted by atomic mass is 9.98. The van der Waals surface area contributed by atoms with E-state index in [4.69, 9.17) is 10.5 Å². The van der Waals surface area contributed by atoms with Gasteiger partial charge in [-0.3, -0.25) is 0 Å². The predicted molar refractivity (Wildman–Crippen MR) is 79.0 cm³/mol. The maximum atomic E-state index is 12.7. The van der Waals surface area contributed by atoms with Crippen LogP contribution in [-0.4, -0.2) is 34.0 Å². The Hall–Kier alpha value is -1.02. The van der Waals surface area contributed by atoms with E-state index in [1.807, 2.05) is 24.3 Å². The molecule has 0 aliphatic carbocycles. The minimum Gasteiger partial charge on any atom is -0.375 e. The number of alkyl halides is 1. The number of nitrogens with two attached hydrogens (primary N) is 1. The molecule has 1 saturated heterocycles. The first kappa shape index (κ1) is 16.4. The van der Waals surface area contributed by atoms with Crippen LogP contribution in [0.15, 0.2) is 24.3 Å². The van der Waals surface area contributed by atoms with Gasteiger partial charge in [-0.05, 0) is 24.0 Å². The van der Waals surface area contributed by atoms with Crippen LogP contribution in [0, 0.1) is 0 Å². The number of rotatable bonds is 5. The Kier molecular flexibility index (Phi) is 5.32. The fourth-order valence-corrected chi connectivity index (χ4v) is 3.96. The van der Waals surface area contributed by atoms with Crippen LogP contribution in [0.3, 0.4) is 0 Å². The molecule has 118 valence electrons. The summed E-state index contributed by atoms with van der Waals surface area (Å²) in [5, 5.41) is 0. The lowest BCUT2D eigenvalue weighted by Crippen LogP contribution is -2.35. The van der Waals surface area contributed by atoms with Crippen molar-refractivity contribution >= 4 is 10.0 Å². The highest BCUT2D eigenvalue weighted by atomic mass is 32.2. The van der Waals surface area contributed by atoms with Gasteiger partial charge in [-0.2, -0.15) is 0 Å². The molecule has 1 aliphatic rings. The summed E-state index contributed by atoms with van der Waals surface area (Å²) in [6, 6.07) is 6.38. The molecule has 3 unspecified atom stereocenters. The first-order valence-electron chi connectivity index (χ1n) is 6.91. The van der Waals surface area contributed by atoms with Crippen molar-refractivity contribution in [1.29, 1.82) is 0 Å². The minimum atomic E-state index is -3.17. The molecule has 1 aromatic rings. The van der Waals surface area contributed by atoms with Gasteiger partial charge < -0.3 is 10.5 Å². The van der Waals surface area contributed by atoms with Gasteiger partial charge in [-0.25, -0.2) is 17.5 Å². The van der Waals surface area contributed by atoms with E-state index in [1.54, 1.807) is 0 Å². The van der Waals surface area contributed by atoms with Gasteiger partial charge in [-0.15, -0.1) is 0 Å². The molecule has 0 bridgehead atoms. The lowest BCUT2D eigenvalue weighted by molar-refractivity contribution is 0.0720. The number of nitrogens with one attached hydrogen (secondary N) is 1. The second-order valence-corrected chi connectivity index (χ2v) is 7.15. The molecule has 1 fully saturated rings. The summed E-state index contributed by atoms with van der Waals surface area (Å²) < 4.78 is 43.8. The van der Waals surface area contributed by atoms with Crippen molar-refractivity contribution in [1.82, 2.24) is 4.72 Å². The summed E-state index contributed by atoms with van der Waals surface area (Å²) in [6.45, 7) is -0.664. The first-order valence-corrected chi connectivity index (χ1v) is 8.56. The Morgan fingerprint density at radius 1 is 1.43 bits per heavy atom. The zero-order chi connectivity index (χ0) is 15.5. The third-order valence-electron chi connectivity index (χ3n) is 3.72. The van der Waals surface area contributed by atoms with Crippen LogP contribution in [0.5, 0.6) is 0 Å². The second-order valence-electron chi connectivity index (χ2n) is 5.27. The van der Waals surface area contributed by atoms with Crippen molar-refractivity contribution in [3.63, 3.8) is 0 Å². The molecule has 0 radical (unpaired) electrons. The first-order chi connectivity index (χ1) is 9.96. The number of hydrogen-bond acceptors (Lipinski definition) is 4. The molecule has 5 nitrogen and oxygen atoms in total. The van der Waals surface area contributed by atoms with Crippen LogP contribution in [-0.2, 0) is 14.8 Å². The highest BCUT2D eigenvalue weighted by Crippen LogP contribution is 2.26. The minimum absolute atomic E-state index is 0.179. The standard InChI is InChI=1S/C14H21FN2O3S/c1-20-14(12(16)9-15)11-6-4-10(5-7-11)13-3-2-8-21(18,19)17-13/h4-7,12-14,17H,2-3,8-9,16H2,1H3. The normalized spacial score (nSPS) is 24.4. The van der Waals surface area contributed by atoms with E-state index >= 15 is 0 Å². The van der Waals surface area contributed by atoms with Crippen LogP contribution < -0.4 is 10.5 Å². The fourth-order valence-electron chi connectivity index (χ4n) is 2.60. The summed E-state index contributed by atoms with van der Waals surface area (Å²) >= 11 is 0. The summed E-state index contributed by atoms with van der Waals surface area (Å²) in [5.41, 5.74) is 7.36. The van der Waals surface area contributed by atoms with Crippen molar-refractivity contribution in [3.8, 4) is 0 Å². The summed E-state index contributed by atoms with van der Waals surface area (Å²) in [4.78, 5) is 0. The molecular formula is C14H21FN2O3S. The number of ether oxygens (including phenoxy) is 1. The largest absolute Gasteiger partial charge is 0.375 e. The third kappa shape index (κ3) is 4.00. The number of benzene rings is 1. The highest BCUT2D eigenvalue weighted by Gasteiger charge is 2.25. The molecule has 3 atom stereocenters. The predicted octanol–water partition coefficient (Wildman–Crippen LogP) is 1.43. The number of sulfonamides is 1. The third-order valence-corrected chi connectivity index (χ3v) is 5.19. The summed E-state index contributed by atoms with van der Waals surface area (Å²) in [6.07, 6.45) is 0.915. The van der Waals surface area contributed by atoms with E-state index in [0.29, 0.717) is 6.42 Å². The Bertz CT molecular complexity index is 562.